The fourth-order valence-corrected chi connectivity index (χ4v) is 2.04. The average molecular weight is 294 g/mol. The lowest BCUT2D eigenvalue weighted by Gasteiger charge is -2.01. The van der Waals surface area contributed by atoms with Crippen LogP contribution in [0.25, 0.3) is 0 Å². The van der Waals surface area contributed by atoms with Crippen LogP contribution in [0, 0.1) is 23.1 Å². The summed E-state index contributed by atoms with van der Waals surface area (Å²) in [5.41, 5.74) is 0.741. The molecule has 0 N–H and O–H groups in total. The SMILES string of the molecule is CC(CC#N)Cc1nc(Cc2ccc(F)cc2Cl)no1. The van der Waals surface area contributed by atoms with Crippen molar-refractivity contribution >= 4 is 11.6 Å². The van der Waals surface area contributed by atoms with Crippen molar-refractivity contribution in [2.24, 2.45) is 5.92 Å². The van der Waals surface area contributed by atoms with Crippen LogP contribution in [-0.4, -0.2) is 10.1 Å². The van der Waals surface area contributed by atoms with E-state index in [0.717, 1.165) is 5.56 Å². The molecule has 0 saturated carbocycles. The van der Waals surface area contributed by atoms with Crippen LogP contribution >= 0.6 is 11.6 Å². The van der Waals surface area contributed by atoms with Gasteiger partial charge in [-0.1, -0.05) is 29.7 Å². The predicted molar refractivity (Wildman–Crippen MR) is 71.6 cm³/mol. The number of hydrogen-bond acceptors (Lipinski definition) is 4. The van der Waals surface area contributed by atoms with Gasteiger partial charge in [0.1, 0.15) is 5.82 Å². The smallest absolute Gasteiger partial charge is 0.226 e. The lowest BCUT2D eigenvalue weighted by atomic mass is 10.1. The van der Waals surface area contributed by atoms with Gasteiger partial charge in [0.2, 0.25) is 5.89 Å². The van der Waals surface area contributed by atoms with Crippen molar-refractivity contribution in [3.05, 3.63) is 46.3 Å². The van der Waals surface area contributed by atoms with Crippen molar-refractivity contribution in [2.75, 3.05) is 0 Å². The Hall–Kier alpha value is -1.93. The Morgan fingerprint density at radius 1 is 1.50 bits per heavy atom. The molecular weight excluding hydrogens is 281 g/mol. The minimum atomic E-state index is -0.377. The molecule has 4 nitrogen and oxygen atoms in total. The molecule has 0 aliphatic carbocycles. The van der Waals surface area contributed by atoms with E-state index in [1.165, 1.54) is 12.1 Å². The van der Waals surface area contributed by atoms with Crippen molar-refractivity contribution in [2.45, 2.75) is 26.2 Å². The van der Waals surface area contributed by atoms with E-state index < -0.39 is 0 Å². The molecule has 1 aromatic heterocycles. The minimum absolute atomic E-state index is 0.169. The van der Waals surface area contributed by atoms with Gasteiger partial charge < -0.3 is 4.52 Å². The lowest BCUT2D eigenvalue weighted by molar-refractivity contribution is 0.355. The molecule has 0 fully saturated rings. The number of nitrogens with zero attached hydrogens (tertiary/aromatic N) is 3. The Morgan fingerprint density at radius 3 is 3.00 bits per heavy atom. The Kier molecular flexibility index (Phi) is 4.70. The van der Waals surface area contributed by atoms with Crippen LogP contribution in [0.4, 0.5) is 4.39 Å². The highest BCUT2D eigenvalue weighted by atomic mass is 35.5. The lowest BCUT2D eigenvalue weighted by Crippen LogP contribution is -1.99. The number of hydrogen-bond donors (Lipinski definition) is 0. The molecule has 2 aromatic rings. The van der Waals surface area contributed by atoms with Crippen molar-refractivity contribution in [1.29, 1.82) is 5.26 Å². The number of halogens is 2. The van der Waals surface area contributed by atoms with Crippen molar-refractivity contribution in [3.8, 4) is 6.07 Å². The fraction of sp³-hybridized carbons (Fsp3) is 0.357. The zero-order chi connectivity index (χ0) is 14.5. The fourth-order valence-electron chi connectivity index (χ4n) is 1.81. The van der Waals surface area contributed by atoms with Crippen molar-refractivity contribution in [3.63, 3.8) is 0 Å². The summed E-state index contributed by atoms with van der Waals surface area (Å²) in [6.07, 6.45) is 1.40. The third-order valence-corrected chi connectivity index (χ3v) is 3.19. The third kappa shape index (κ3) is 3.78. The van der Waals surface area contributed by atoms with Gasteiger partial charge in [-0.05, 0) is 23.6 Å². The molecule has 6 heteroatoms. The summed E-state index contributed by atoms with van der Waals surface area (Å²) in [5, 5.41) is 12.8. The quantitative estimate of drug-likeness (QED) is 0.846. The molecule has 0 amide bonds. The molecule has 1 heterocycles. The van der Waals surface area contributed by atoms with Crippen molar-refractivity contribution in [1.82, 2.24) is 10.1 Å². The summed E-state index contributed by atoms with van der Waals surface area (Å²) in [6.45, 7) is 1.95. The molecule has 0 aliphatic heterocycles. The Labute approximate surface area is 121 Å². The van der Waals surface area contributed by atoms with E-state index >= 15 is 0 Å². The first-order valence-electron chi connectivity index (χ1n) is 6.21. The standard InChI is InChI=1S/C14H13ClFN3O/c1-9(4-5-17)6-14-18-13(19-20-14)7-10-2-3-11(16)8-12(10)15/h2-3,8-9H,4,6-7H2,1H3. The van der Waals surface area contributed by atoms with E-state index in [-0.39, 0.29) is 11.7 Å². The van der Waals surface area contributed by atoms with Crippen LogP contribution in [0.15, 0.2) is 22.7 Å². The predicted octanol–water partition coefficient (Wildman–Crippen LogP) is 3.55. The first kappa shape index (κ1) is 14.5. The van der Waals surface area contributed by atoms with E-state index in [4.69, 9.17) is 21.4 Å². The number of rotatable bonds is 5. The van der Waals surface area contributed by atoms with E-state index in [1.807, 2.05) is 6.92 Å². The molecule has 0 bridgehead atoms. The zero-order valence-corrected chi connectivity index (χ0v) is 11.7. The summed E-state index contributed by atoms with van der Waals surface area (Å²) >= 11 is 5.95. The number of nitriles is 1. The maximum Gasteiger partial charge on any atom is 0.226 e. The van der Waals surface area contributed by atoms with E-state index in [9.17, 15) is 4.39 Å². The van der Waals surface area contributed by atoms with Crippen LogP contribution in [0.3, 0.4) is 0 Å². The second kappa shape index (κ2) is 6.49. The summed E-state index contributed by atoms with van der Waals surface area (Å²) in [7, 11) is 0. The Balaban J connectivity index is 2.04. The topological polar surface area (TPSA) is 62.7 Å². The van der Waals surface area contributed by atoms with Gasteiger partial charge in [0.15, 0.2) is 5.82 Å². The van der Waals surface area contributed by atoms with E-state index in [2.05, 4.69) is 16.2 Å². The van der Waals surface area contributed by atoms with Gasteiger partial charge in [0.05, 0.1) is 6.07 Å². The summed E-state index contributed by atoms with van der Waals surface area (Å²) in [4.78, 5) is 4.25. The minimum Gasteiger partial charge on any atom is -0.339 e. The number of aromatic nitrogens is 2. The van der Waals surface area contributed by atoms with E-state index in [0.29, 0.717) is 36.0 Å². The highest BCUT2D eigenvalue weighted by Crippen LogP contribution is 2.20. The summed E-state index contributed by atoms with van der Waals surface area (Å²) in [5.74, 6) is 0.791. The van der Waals surface area contributed by atoms with Gasteiger partial charge in [0.25, 0.3) is 0 Å². The van der Waals surface area contributed by atoms with Gasteiger partial charge in [-0.25, -0.2) is 4.39 Å². The molecule has 0 saturated heterocycles. The van der Waals surface area contributed by atoms with Gasteiger partial charge in [-0.2, -0.15) is 10.2 Å². The third-order valence-electron chi connectivity index (χ3n) is 2.84. The highest BCUT2D eigenvalue weighted by molar-refractivity contribution is 6.31. The first-order chi connectivity index (χ1) is 9.58. The normalized spacial score (nSPS) is 12.1. The summed E-state index contributed by atoms with van der Waals surface area (Å²) < 4.78 is 18.1. The molecule has 104 valence electrons. The second-order valence-electron chi connectivity index (χ2n) is 4.69. The zero-order valence-electron chi connectivity index (χ0n) is 10.9. The molecule has 20 heavy (non-hydrogen) atoms. The maximum absolute atomic E-state index is 12.9. The van der Waals surface area contributed by atoms with Gasteiger partial charge >= 0.3 is 0 Å². The molecule has 0 radical (unpaired) electrons. The maximum atomic E-state index is 12.9. The molecule has 2 rings (SSSR count). The molecule has 1 unspecified atom stereocenters. The molecule has 1 atom stereocenters. The highest BCUT2D eigenvalue weighted by Gasteiger charge is 2.12. The van der Waals surface area contributed by atoms with Gasteiger partial charge in [-0.3, -0.25) is 0 Å². The molecule has 0 aliphatic rings. The van der Waals surface area contributed by atoms with Crippen molar-refractivity contribution < 1.29 is 8.91 Å². The molecule has 1 aromatic carbocycles. The van der Waals surface area contributed by atoms with E-state index in [1.54, 1.807) is 6.07 Å². The largest absolute Gasteiger partial charge is 0.339 e. The van der Waals surface area contributed by atoms with Crippen LogP contribution in [0.1, 0.15) is 30.6 Å². The van der Waals surface area contributed by atoms with Gasteiger partial charge in [-0.15, -0.1) is 0 Å². The average Bonchev–Trinajstić information content (AvgIpc) is 2.80. The number of benzene rings is 1. The Bertz CT molecular complexity index is 636. The van der Waals surface area contributed by atoms with Crippen LogP contribution in [-0.2, 0) is 12.8 Å². The van der Waals surface area contributed by atoms with Gasteiger partial charge in [0, 0.05) is 24.3 Å². The van der Waals surface area contributed by atoms with Crippen LogP contribution < -0.4 is 0 Å². The molecule has 0 spiro atoms. The van der Waals surface area contributed by atoms with Crippen LogP contribution in [0.2, 0.25) is 5.02 Å². The molecular formula is C14H13ClFN3O. The van der Waals surface area contributed by atoms with Crippen LogP contribution in [0.5, 0.6) is 0 Å². The summed E-state index contributed by atoms with van der Waals surface area (Å²) in [6, 6.07) is 6.31. The second-order valence-corrected chi connectivity index (χ2v) is 5.10. The first-order valence-corrected chi connectivity index (χ1v) is 6.58. The monoisotopic (exact) mass is 293 g/mol. The Morgan fingerprint density at radius 2 is 2.30 bits per heavy atom.